The van der Waals surface area contributed by atoms with E-state index in [9.17, 15) is 9.59 Å². The number of hydrogen-bond donors (Lipinski definition) is 0. The lowest BCUT2D eigenvalue weighted by molar-refractivity contribution is 0.101. The fourth-order valence-corrected chi connectivity index (χ4v) is 3.09. The first kappa shape index (κ1) is 21.5. The summed E-state index contributed by atoms with van der Waals surface area (Å²) in [6.07, 6.45) is 4.50. The molecule has 0 fully saturated rings. The van der Waals surface area contributed by atoms with E-state index < -0.39 is 0 Å². The van der Waals surface area contributed by atoms with Crippen LogP contribution in [0.15, 0.2) is 36.7 Å². The Kier molecular flexibility index (Phi) is 7.24. The first-order chi connectivity index (χ1) is 13.3. The van der Waals surface area contributed by atoms with E-state index in [0.717, 1.165) is 35.2 Å². The molecule has 5 nitrogen and oxygen atoms in total. The second kappa shape index (κ2) is 9.42. The average Bonchev–Trinajstić information content (AvgIpc) is 3.10. The maximum absolute atomic E-state index is 12.1. The first-order valence-electron chi connectivity index (χ1n) is 9.41. The monoisotopic (exact) mass is 380 g/mol. The van der Waals surface area contributed by atoms with Crippen LogP contribution in [0, 0.1) is 6.92 Å². The number of aldehydes is 1. The standard InChI is InChI=1S/C20H20N2O2.C3H8O/c1-12(2)18-9-15(5-7-21-18)17-6-8-22-19(17)10-16(11-23)13(3)20(22)14(4)24;1-3-4-2/h5-12H,1-4H3;3H2,1-2H3. The number of hydrogen-bond acceptors (Lipinski definition) is 4. The van der Waals surface area contributed by atoms with E-state index in [1.807, 2.05) is 42.6 Å². The number of ether oxygens (including phenoxy) is 1. The molecule has 0 amide bonds. The zero-order chi connectivity index (χ0) is 20.8. The number of aromatic nitrogens is 2. The molecule has 3 heterocycles. The van der Waals surface area contributed by atoms with Crippen molar-refractivity contribution in [3.63, 3.8) is 0 Å². The summed E-state index contributed by atoms with van der Waals surface area (Å²) in [5, 5.41) is 0. The Morgan fingerprint density at radius 1 is 1.29 bits per heavy atom. The van der Waals surface area contributed by atoms with Gasteiger partial charge in [0.05, 0.1) is 11.2 Å². The summed E-state index contributed by atoms with van der Waals surface area (Å²) in [7, 11) is 1.68. The van der Waals surface area contributed by atoms with Crippen molar-refractivity contribution in [2.24, 2.45) is 0 Å². The van der Waals surface area contributed by atoms with Gasteiger partial charge in [0.25, 0.3) is 0 Å². The maximum atomic E-state index is 12.1. The lowest BCUT2D eigenvalue weighted by Crippen LogP contribution is -2.07. The van der Waals surface area contributed by atoms with Gasteiger partial charge in [0.2, 0.25) is 0 Å². The summed E-state index contributed by atoms with van der Waals surface area (Å²) in [6, 6.07) is 7.85. The number of carbonyl (C=O) groups excluding carboxylic acids is 2. The Labute approximate surface area is 166 Å². The van der Waals surface area contributed by atoms with Crippen LogP contribution in [-0.4, -0.2) is 35.2 Å². The summed E-state index contributed by atoms with van der Waals surface area (Å²) in [5.74, 6) is 0.278. The van der Waals surface area contributed by atoms with E-state index in [1.165, 1.54) is 6.92 Å². The third kappa shape index (κ3) is 4.37. The van der Waals surface area contributed by atoms with Crippen LogP contribution in [0.4, 0.5) is 0 Å². The van der Waals surface area contributed by atoms with Gasteiger partial charge < -0.3 is 9.14 Å². The van der Waals surface area contributed by atoms with Gasteiger partial charge in [-0.05, 0) is 55.2 Å². The van der Waals surface area contributed by atoms with Crippen molar-refractivity contribution in [2.45, 2.75) is 40.5 Å². The molecule has 0 saturated carbocycles. The highest BCUT2D eigenvalue weighted by Gasteiger charge is 2.17. The van der Waals surface area contributed by atoms with Crippen molar-refractivity contribution >= 4 is 17.6 Å². The molecule has 148 valence electrons. The van der Waals surface area contributed by atoms with E-state index >= 15 is 0 Å². The fraction of sp³-hybridized carbons (Fsp3) is 0.348. The second-order valence-electron chi connectivity index (χ2n) is 6.93. The number of ketones is 1. The Bertz CT molecular complexity index is 985. The van der Waals surface area contributed by atoms with Gasteiger partial charge in [-0.2, -0.15) is 0 Å². The fourth-order valence-electron chi connectivity index (χ4n) is 3.09. The normalized spacial score (nSPS) is 10.7. The Balaban J connectivity index is 0.000000640. The molecule has 0 aliphatic carbocycles. The molecular formula is C23H28N2O3. The highest BCUT2D eigenvalue weighted by Crippen LogP contribution is 2.30. The van der Waals surface area contributed by atoms with Gasteiger partial charge in [-0.3, -0.25) is 14.6 Å². The number of carbonyl (C=O) groups is 2. The SMILES string of the molecule is CC(=O)c1c(C)c(C=O)cc2c(-c3ccnc(C(C)C)c3)ccn12.CCOC. The minimum Gasteiger partial charge on any atom is -0.385 e. The molecule has 0 bridgehead atoms. The molecule has 5 heteroatoms. The maximum Gasteiger partial charge on any atom is 0.176 e. The van der Waals surface area contributed by atoms with Crippen molar-refractivity contribution in [3.8, 4) is 11.1 Å². The van der Waals surface area contributed by atoms with Crippen LogP contribution in [-0.2, 0) is 4.74 Å². The molecule has 0 saturated heterocycles. The number of nitrogens with zero attached hydrogens (tertiary/aromatic N) is 2. The van der Waals surface area contributed by atoms with E-state index in [-0.39, 0.29) is 5.78 Å². The summed E-state index contributed by atoms with van der Waals surface area (Å²) in [4.78, 5) is 27.9. The van der Waals surface area contributed by atoms with Crippen LogP contribution < -0.4 is 0 Å². The predicted molar refractivity (Wildman–Crippen MR) is 112 cm³/mol. The third-order valence-electron chi connectivity index (χ3n) is 4.68. The van der Waals surface area contributed by atoms with E-state index in [4.69, 9.17) is 0 Å². The molecule has 3 aromatic rings. The molecule has 0 unspecified atom stereocenters. The molecule has 3 aromatic heterocycles. The number of methoxy groups -OCH3 is 1. The summed E-state index contributed by atoms with van der Waals surface area (Å²) in [6.45, 7) is 10.3. The van der Waals surface area contributed by atoms with Crippen LogP contribution in [0.3, 0.4) is 0 Å². The van der Waals surface area contributed by atoms with Crippen LogP contribution in [0.5, 0.6) is 0 Å². The number of rotatable bonds is 5. The van der Waals surface area contributed by atoms with E-state index in [0.29, 0.717) is 22.7 Å². The third-order valence-corrected chi connectivity index (χ3v) is 4.68. The molecule has 28 heavy (non-hydrogen) atoms. The molecule has 3 rings (SSSR count). The molecule has 0 aliphatic heterocycles. The topological polar surface area (TPSA) is 60.7 Å². The zero-order valence-corrected chi connectivity index (χ0v) is 17.4. The summed E-state index contributed by atoms with van der Waals surface area (Å²) < 4.78 is 6.41. The highest BCUT2D eigenvalue weighted by atomic mass is 16.5. The smallest absolute Gasteiger partial charge is 0.176 e. The van der Waals surface area contributed by atoms with Crippen LogP contribution in [0.25, 0.3) is 16.6 Å². The lowest BCUT2D eigenvalue weighted by Gasteiger charge is -2.11. The van der Waals surface area contributed by atoms with E-state index in [1.54, 1.807) is 13.3 Å². The first-order valence-corrected chi connectivity index (χ1v) is 9.41. The van der Waals surface area contributed by atoms with Crippen molar-refractivity contribution in [1.29, 1.82) is 0 Å². The van der Waals surface area contributed by atoms with Crippen molar-refractivity contribution in [1.82, 2.24) is 9.38 Å². The molecular weight excluding hydrogens is 352 g/mol. The largest absolute Gasteiger partial charge is 0.385 e. The Hall–Kier alpha value is -2.79. The van der Waals surface area contributed by atoms with Crippen molar-refractivity contribution < 1.29 is 14.3 Å². The van der Waals surface area contributed by atoms with Crippen molar-refractivity contribution in [3.05, 3.63) is 59.2 Å². The second-order valence-corrected chi connectivity index (χ2v) is 6.93. The molecule has 0 atom stereocenters. The van der Waals surface area contributed by atoms with Crippen LogP contribution >= 0.6 is 0 Å². The minimum absolute atomic E-state index is 0.0547. The van der Waals surface area contributed by atoms with Gasteiger partial charge in [0.1, 0.15) is 6.29 Å². The lowest BCUT2D eigenvalue weighted by atomic mass is 10.0. The predicted octanol–water partition coefficient (Wildman–Crippen LogP) is 5.10. The molecule has 0 spiro atoms. The average molecular weight is 380 g/mol. The Morgan fingerprint density at radius 3 is 2.50 bits per heavy atom. The molecule has 0 radical (unpaired) electrons. The van der Waals surface area contributed by atoms with Crippen molar-refractivity contribution in [2.75, 3.05) is 13.7 Å². The van der Waals surface area contributed by atoms with Gasteiger partial charge in [-0.25, -0.2) is 0 Å². The van der Waals surface area contributed by atoms with Gasteiger partial charge >= 0.3 is 0 Å². The number of fused-ring (bicyclic) bond motifs is 1. The Morgan fingerprint density at radius 2 is 1.96 bits per heavy atom. The highest BCUT2D eigenvalue weighted by molar-refractivity contribution is 5.99. The van der Waals surface area contributed by atoms with Crippen LogP contribution in [0.1, 0.15) is 65.7 Å². The van der Waals surface area contributed by atoms with Gasteiger partial charge in [0, 0.05) is 49.9 Å². The zero-order valence-electron chi connectivity index (χ0n) is 17.4. The summed E-state index contributed by atoms with van der Waals surface area (Å²) >= 11 is 0. The van der Waals surface area contributed by atoms with Gasteiger partial charge in [0.15, 0.2) is 5.78 Å². The molecule has 0 N–H and O–H groups in total. The number of Topliss-reactive ketones (excluding diaryl/α,β-unsaturated/α-hetero) is 1. The molecule has 0 aromatic carbocycles. The van der Waals surface area contributed by atoms with Crippen LogP contribution in [0.2, 0.25) is 0 Å². The number of pyridine rings is 2. The summed E-state index contributed by atoms with van der Waals surface area (Å²) in [5.41, 5.74) is 5.71. The molecule has 0 aliphatic rings. The minimum atomic E-state index is -0.0547. The van der Waals surface area contributed by atoms with E-state index in [2.05, 4.69) is 29.6 Å². The van der Waals surface area contributed by atoms with Gasteiger partial charge in [-0.1, -0.05) is 13.8 Å². The van der Waals surface area contributed by atoms with Gasteiger partial charge in [-0.15, -0.1) is 0 Å². The quantitative estimate of drug-likeness (QED) is 0.456.